The Morgan fingerprint density at radius 3 is 2.32 bits per heavy atom. The minimum absolute atomic E-state index is 0.210. The lowest BCUT2D eigenvalue weighted by Gasteiger charge is -2.35. The Kier molecular flexibility index (Phi) is 6.26. The molecule has 4 rings (SSSR count). The Morgan fingerprint density at radius 1 is 0.968 bits per heavy atom. The lowest BCUT2D eigenvalue weighted by atomic mass is 10.2. The number of carbonyl (C=O) groups is 1. The molecule has 1 saturated heterocycles. The van der Waals surface area contributed by atoms with Crippen molar-refractivity contribution in [1.82, 2.24) is 4.31 Å². The van der Waals surface area contributed by atoms with Gasteiger partial charge in [-0.15, -0.1) is 11.3 Å². The lowest BCUT2D eigenvalue weighted by Crippen LogP contribution is -2.48. The third kappa shape index (κ3) is 4.58. The van der Waals surface area contributed by atoms with Gasteiger partial charge < -0.3 is 15.0 Å². The van der Waals surface area contributed by atoms with Crippen LogP contribution in [0.4, 0.5) is 11.4 Å². The summed E-state index contributed by atoms with van der Waals surface area (Å²) >= 11 is 1.35. The fourth-order valence-corrected chi connectivity index (χ4v) is 5.56. The third-order valence-electron chi connectivity index (χ3n) is 5.16. The van der Waals surface area contributed by atoms with Gasteiger partial charge >= 0.3 is 0 Å². The van der Waals surface area contributed by atoms with Gasteiger partial charge in [-0.3, -0.25) is 4.79 Å². The molecule has 162 valence electrons. The molecular weight excluding hydrogens is 434 g/mol. The predicted molar refractivity (Wildman–Crippen MR) is 123 cm³/mol. The van der Waals surface area contributed by atoms with Crippen LogP contribution in [0.5, 0.6) is 5.75 Å². The summed E-state index contributed by atoms with van der Waals surface area (Å²) in [4.78, 5) is 15.1. The first-order valence-corrected chi connectivity index (χ1v) is 12.1. The van der Waals surface area contributed by atoms with Gasteiger partial charge in [-0.25, -0.2) is 8.42 Å². The number of rotatable bonds is 6. The molecule has 0 spiro atoms. The molecule has 1 amide bonds. The number of amides is 1. The van der Waals surface area contributed by atoms with Crippen molar-refractivity contribution in [1.29, 1.82) is 0 Å². The first-order valence-electron chi connectivity index (χ1n) is 9.82. The van der Waals surface area contributed by atoms with E-state index in [2.05, 4.69) is 10.2 Å². The van der Waals surface area contributed by atoms with Gasteiger partial charge in [-0.1, -0.05) is 18.2 Å². The number of thiophene rings is 1. The van der Waals surface area contributed by atoms with E-state index in [-0.39, 0.29) is 10.8 Å². The second kappa shape index (κ2) is 9.09. The summed E-state index contributed by atoms with van der Waals surface area (Å²) in [6.07, 6.45) is 0. The lowest BCUT2D eigenvalue weighted by molar-refractivity contribution is 0.103. The van der Waals surface area contributed by atoms with Crippen LogP contribution >= 0.6 is 11.3 Å². The average molecular weight is 458 g/mol. The summed E-state index contributed by atoms with van der Waals surface area (Å²) in [7, 11) is -1.98. The number of ether oxygens (including phenoxy) is 1. The monoisotopic (exact) mass is 457 g/mol. The van der Waals surface area contributed by atoms with Crippen molar-refractivity contribution in [2.75, 3.05) is 43.5 Å². The molecule has 31 heavy (non-hydrogen) atoms. The van der Waals surface area contributed by atoms with Crippen molar-refractivity contribution in [3.63, 3.8) is 0 Å². The number of anilines is 2. The number of piperazine rings is 1. The Labute approximate surface area is 185 Å². The first kappa shape index (κ1) is 21.4. The summed E-state index contributed by atoms with van der Waals surface area (Å²) in [6, 6.07) is 17.6. The van der Waals surface area contributed by atoms with E-state index in [1.54, 1.807) is 25.3 Å². The van der Waals surface area contributed by atoms with Crippen LogP contribution in [0.3, 0.4) is 0 Å². The zero-order valence-corrected chi connectivity index (χ0v) is 18.7. The van der Waals surface area contributed by atoms with Crippen LogP contribution in [0.2, 0.25) is 0 Å². The maximum absolute atomic E-state index is 13.1. The number of methoxy groups -OCH3 is 1. The SMILES string of the molecule is COc1ccccc1N1CCN(S(=O)(=O)c2ccc(NC(=O)c3cccs3)cc2)CC1. The largest absolute Gasteiger partial charge is 0.495 e. The molecule has 0 unspecified atom stereocenters. The van der Waals surface area contributed by atoms with E-state index in [1.165, 1.54) is 27.8 Å². The van der Waals surface area contributed by atoms with Crippen molar-refractivity contribution in [3.8, 4) is 5.75 Å². The Bertz CT molecular complexity index is 1140. The minimum Gasteiger partial charge on any atom is -0.495 e. The zero-order chi connectivity index (χ0) is 21.8. The summed E-state index contributed by atoms with van der Waals surface area (Å²) in [5, 5.41) is 4.61. The highest BCUT2D eigenvalue weighted by Crippen LogP contribution is 2.29. The smallest absolute Gasteiger partial charge is 0.265 e. The van der Waals surface area contributed by atoms with E-state index in [0.717, 1.165) is 11.4 Å². The molecular formula is C22H23N3O4S2. The molecule has 9 heteroatoms. The van der Waals surface area contributed by atoms with Gasteiger partial charge in [-0.2, -0.15) is 4.31 Å². The molecule has 1 aromatic heterocycles. The van der Waals surface area contributed by atoms with E-state index in [4.69, 9.17) is 4.74 Å². The van der Waals surface area contributed by atoms with E-state index in [9.17, 15) is 13.2 Å². The molecule has 1 aliphatic rings. The van der Waals surface area contributed by atoms with Crippen LogP contribution in [0.25, 0.3) is 0 Å². The van der Waals surface area contributed by atoms with Crippen molar-refractivity contribution < 1.29 is 17.9 Å². The Balaban J connectivity index is 1.41. The highest BCUT2D eigenvalue weighted by atomic mass is 32.2. The summed E-state index contributed by atoms with van der Waals surface area (Å²) < 4.78 is 33.1. The number of hydrogen-bond donors (Lipinski definition) is 1. The molecule has 1 fully saturated rings. The molecule has 1 aliphatic heterocycles. The second-order valence-electron chi connectivity index (χ2n) is 7.02. The van der Waals surface area contributed by atoms with E-state index in [1.807, 2.05) is 35.7 Å². The molecule has 2 aromatic carbocycles. The molecule has 0 aliphatic carbocycles. The highest BCUT2D eigenvalue weighted by Gasteiger charge is 2.29. The summed E-state index contributed by atoms with van der Waals surface area (Å²) in [5.41, 5.74) is 1.52. The van der Waals surface area contributed by atoms with Gasteiger partial charge in [0.15, 0.2) is 0 Å². The normalized spacial score (nSPS) is 14.9. The zero-order valence-electron chi connectivity index (χ0n) is 17.0. The average Bonchev–Trinajstić information content (AvgIpc) is 3.35. The molecule has 2 heterocycles. The molecule has 0 saturated carbocycles. The van der Waals surface area contributed by atoms with Crippen LogP contribution in [-0.4, -0.2) is 51.9 Å². The van der Waals surface area contributed by atoms with Gasteiger partial charge in [0.1, 0.15) is 5.75 Å². The van der Waals surface area contributed by atoms with Crippen LogP contribution in [-0.2, 0) is 10.0 Å². The van der Waals surface area contributed by atoms with Crippen LogP contribution in [0.15, 0.2) is 70.9 Å². The van der Waals surface area contributed by atoms with Crippen LogP contribution in [0, 0.1) is 0 Å². The fourth-order valence-electron chi connectivity index (χ4n) is 3.52. The predicted octanol–water partition coefficient (Wildman–Crippen LogP) is 3.52. The van der Waals surface area contributed by atoms with E-state index < -0.39 is 10.0 Å². The first-order chi connectivity index (χ1) is 15.0. The van der Waals surface area contributed by atoms with E-state index in [0.29, 0.717) is 36.7 Å². The van der Waals surface area contributed by atoms with Crippen molar-refractivity contribution in [2.45, 2.75) is 4.90 Å². The standard InChI is InChI=1S/C22H23N3O4S2/c1-29-20-6-3-2-5-19(20)24-12-14-25(15-13-24)31(27,28)18-10-8-17(9-11-18)23-22(26)21-7-4-16-30-21/h2-11,16H,12-15H2,1H3,(H,23,26). The van der Waals surface area contributed by atoms with Gasteiger partial charge in [0.05, 0.1) is 22.6 Å². The molecule has 7 nitrogen and oxygen atoms in total. The highest BCUT2D eigenvalue weighted by molar-refractivity contribution is 7.89. The number of hydrogen-bond acceptors (Lipinski definition) is 6. The second-order valence-corrected chi connectivity index (χ2v) is 9.90. The summed E-state index contributed by atoms with van der Waals surface area (Å²) in [6.45, 7) is 1.93. The van der Waals surface area contributed by atoms with Gasteiger partial charge in [0, 0.05) is 31.9 Å². The van der Waals surface area contributed by atoms with Crippen LogP contribution in [0.1, 0.15) is 9.67 Å². The number of nitrogens with one attached hydrogen (secondary N) is 1. The maximum Gasteiger partial charge on any atom is 0.265 e. The van der Waals surface area contributed by atoms with Crippen molar-refractivity contribution in [3.05, 3.63) is 70.9 Å². The van der Waals surface area contributed by atoms with Crippen molar-refractivity contribution in [2.24, 2.45) is 0 Å². The van der Waals surface area contributed by atoms with Gasteiger partial charge in [0.25, 0.3) is 5.91 Å². The molecule has 0 bridgehead atoms. The fraction of sp³-hybridized carbons (Fsp3) is 0.227. The topological polar surface area (TPSA) is 79.0 Å². The Hall–Kier alpha value is -2.88. The van der Waals surface area contributed by atoms with Gasteiger partial charge in [-0.05, 0) is 47.8 Å². The Morgan fingerprint density at radius 2 is 1.68 bits per heavy atom. The number of para-hydroxylation sites is 2. The number of sulfonamides is 1. The van der Waals surface area contributed by atoms with Crippen LogP contribution < -0.4 is 15.0 Å². The molecule has 1 N–H and O–H groups in total. The molecule has 3 aromatic rings. The maximum atomic E-state index is 13.1. The number of benzene rings is 2. The minimum atomic E-state index is -3.61. The molecule has 0 radical (unpaired) electrons. The van der Waals surface area contributed by atoms with E-state index >= 15 is 0 Å². The molecule has 0 atom stereocenters. The number of nitrogens with zero attached hydrogens (tertiary/aromatic N) is 2. The number of carbonyl (C=O) groups excluding carboxylic acids is 1. The third-order valence-corrected chi connectivity index (χ3v) is 7.94. The van der Waals surface area contributed by atoms with Crippen molar-refractivity contribution >= 4 is 38.6 Å². The quantitative estimate of drug-likeness (QED) is 0.613. The summed E-state index contributed by atoms with van der Waals surface area (Å²) in [5.74, 6) is 0.567. The van der Waals surface area contributed by atoms with Gasteiger partial charge in [0.2, 0.25) is 10.0 Å².